The third kappa shape index (κ3) is 0.923. The molecule has 1 fully saturated rings. The maximum Gasteiger partial charge on any atom is 0.311 e. The molecule has 0 aliphatic heterocycles. The van der Waals surface area contributed by atoms with Gasteiger partial charge in [-0.25, -0.2) is 0 Å². The van der Waals surface area contributed by atoms with Crippen molar-refractivity contribution in [3.8, 4) is 0 Å². The number of carboxylic acid groups (broad SMARTS) is 1. The van der Waals surface area contributed by atoms with Crippen LogP contribution in [-0.2, 0) is 4.79 Å². The summed E-state index contributed by atoms with van der Waals surface area (Å²) < 4.78 is -0.348. The van der Waals surface area contributed by atoms with Crippen molar-refractivity contribution < 1.29 is 9.90 Å². The Morgan fingerprint density at radius 3 is 2.00 bits per heavy atom. The molecule has 0 aromatic rings. The standard InChI is InChI=1S/C5H6Br2O2/c1-4(3(8)9)2-5(4,6)7/h2H2,1H3,(H,8,9)/t4-/m1/s1. The topological polar surface area (TPSA) is 37.3 Å². The predicted octanol–water partition coefficient (Wildman–Crippen LogP) is 1.97. The van der Waals surface area contributed by atoms with Crippen LogP contribution in [0.25, 0.3) is 0 Å². The van der Waals surface area contributed by atoms with Gasteiger partial charge in [-0.3, -0.25) is 4.79 Å². The summed E-state index contributed by atoms with van der Waals surface area (Å²) in [6.07, 6.45) is 0.648. The van der Waals surface area contributed by atoms with E-state index in [1.807, 2.05) is 0 Å². The number of halogens is 2. The van der Waals surface area contributed by atoms with Crippen molar-refractivity contribution in [3.05, 3.63) is 0 Å². The van der Waals surface area contributed by atoms with Crippen molar-refractivity contribution >= 4 is 37.8 Å². The zero-order valence-corrected chi connectivity index (χ0v) is 7.99. The molecule has 1 aliphatic rings. The molecule has 0 saturated heterocycles. The van der Waals surface area contributed by atoms with Crippen LogP contribution in [-0.4, -0.2) is 14.3 Å². The van der Waals surface area contributed by atoms with E-state index in [2.05, 4.69) is 31.9 Å². The predicted molar refractivity (Wildman–Crippen MR) is 40.9 cm³/mol. The summed E-state index contributed by atoms with van der Waals surface area (Å²) in [7, 11) is 0. The van der Waals surface area contributed by atoms with Gasteiger partial charge in [0.15, 0.2) is 0 Å². The molecule has 0 spiro atoms. The quantitative estimate of drug-likeness (QED) is 0.730. The largest absolute Gasteiger partial charge is 0.481 e. The number of hydrogen-bond acceptors (Lipinski definition) is 1. The molecule has 0 aromatic carbocycles. The number of carboxylic acids is 1. The van der Waals surface area contributed by atoms with Crippen molar-refractivity contribution in [1.82, 2.24) is 0 Å². The maximum absolute atomic E-state index is 10.4. The van der Waals surface area contributed by atoms with Crippen LogP contribution in [0.15, 0.2) is 0 Å². The van der Waals surface area contributed by atoms with Gasteiger partial charge in [0, 0.05) is 0 Å². The van der Waals surface area contributed by atoms with Gasteiger partial charge in [0.1, 0.15) is 0 Å². The molecule has 0 unspecified atom stereocenters. The van der Waals surface area contributed by atoms with E-state index >= 15 is 0 Å². The fourth-order valence-electron chi connectivity index (χ4n) is 0.632. The summed E-state index contributed by atoms with van der Waals surface area (Å²) in [5.41, 5.74) is -0.604. The van der Waals surface area contributed by atoms with E-state index in [4.69, 9.17) is 5.11 Å². The van der Waals surface area contributed by atoms with Crippen molar-refractivity contribution in [2.45, 2.75) is 16.6 Å². The summed E-state index contributed by atoms with van der Waals surface area (Å²) >= 11 is 6.49. The van der Waals surface area contributed by atoms with Gasteiger partial charge in [0.2, 0.25) is 0 Å². The molecule has 0 bridgehead atoms. The van der Waals surface area contributed by atoms with E-state index in [0.717, 1.165) is 0 Å². The molecule has 1 N–H and O–H groups in total. The fourth-order valence-corrected chi connectivity index (χ4v) is 2.09. The lowest BCUT2D eigenvalue weighted by molar-refractivity contribution is -0.142. The molecule has 1 aliphatic carbocycles. The van der Waals surface area contributed by atoms with Crippen LogP contribution in [0.3, 0.4) is 0 Å². The molecule has 0 aromatic heterocycles. The SMILES string of the molecule is C[C@]1(C(=O)O)CC1(Br)Br. The van der Waals surface area contributed by atoms with Gasteiger partial charge in [-0.1, -0.05) is 31.9 Å². The number of rotatable bonds is 1. The first-order valence-corrected chi connectivity index (χ1v) is 4.10. The molecule has 52 valence electrons. The van der Waals surface area contributed by atoms with Crippen LogP contribution in [0.2, 0.25) is 0 Å². The van der Waals surface area contributed by atoms with Crippen molar-refractivity contribution in [3.63, 3.8) is 0 Å². The van der Waals surface area contributed by atoms with E-state index in [0.29, 0.717) is 6.42 Å². The minimum atomic E-state index is -0.753. The molecular formula is C5H6Br2O2. The van der Waals surface area contributed by atoms with Gasteiger partial charge in [-0.05, 0) is 13.3 Å². The molecule has 1 rings (SSSR count). The summed E-state index contributed by atoms with van der Waals surface area (Å²) in [6.45, 7) is 1.71. The van der Waals surface area contributed by atoms with Crippen LogP contribution in [0.5, 0.6) is 0 Å². The number of hydrogen-bond donors (Lipinski definition) is 1. The number of carbonyl (C=O) groups is 1. The van der Waals surface area contributed by atoms with Crippen molar-refractivity contribution in [2.24, 2.45) is 5.41 Å². The monoisotopic (exact) mass is 256 g/mol. The van der Waals surface area contributed by atoms with Gasteiger partial charge < -0.3 is 5.11 Å². The summed E-state index contributed by atoms with van der Waals surface area (Å²) in [5, 5.41) is 8.59. The lowest BCUT2D eigenvalue weighted by atomic mass is 10.2. The average Bonchev–Trinajstić information content (AvgIpc) is 2.08. The molecule has 0 radical (unpaired) electrons. The van der Waals surface area contributed by atoms with Gasteiger partial charge >= 0.3 is 5.97 Å². The van der Waals surface area contributed by atoms with Crippen molar-refractivity contribution in [1.29, 1.82) is 0 Å². The smallest absolute Gasteiger partial charge is 0.311 e. The lowest BCUT2D eigenvalue weighted by Gasteiger charge is -2.03. The van der Waals surface area contributed by atoms with Crippen LogP contribution >= 0.6 is 31.9 Å². The summed E-state index contributed by atoms with van der Waals surface area (Å²) in [6, 6.07) is 0. The molecule has 4 heteroatoms. The molecule has 0 amide bonds. The summed E-state index contributed by atoms with van der Waals surface area (Å²) in [5.74, 6) is -0.753. The summed E-state index contributed by atoms with van der Waals surface area (Å²) in [4.78, 5) is 10.4. The highest BCUT2D eigenvalue weighted by Crippen LogP contribution is 2.66. The first-order valence-electron chi connectivity index (χ1n) is 2.51. The molecule has 0 heterocycles. The van der Waals surface area contributed by atoms with Crippen LogP contribution in [0.4, 0.5) is 0 Å². The molecular weight excluding hydrogens is 252 g/mol. The maximum atomic E-state index is 10.4. The molecule has 1 saturated carbocycles. The Balaban J connectivity index is 2.74. The zero-order chi connectivity index (χ0) is 7.28. The first-order chi connectivity index (χ1) is 3.90. The average molecular weight is 258 g/mol. The van der Waals surface area contributed by atoms with E-state index in [9.17, 15) is 4.79 Å². The normalized spacial score (nSPS) is 38.1. The van der Waals surface area contributed by atoms with Crippen LogP contribution in [0.1, 0.15) is 13.3 Å². The Morgan fingerprint density at radius 1 is 1.67 bits per heavy atom. The van der Waals surface area contributed by atoms with Crippen LogP contribution in [0, 0.1) is 5.41 Å². The Hall–Kier alpha value is 0.430. The minimum absolute atomic E-state index is 0.348. The Morgan fingerprint density at radius 2 is 2.00 bits per heavy atom. The Kier molecular flexibility index (Phi) is 1.44. The van der Waals surface area contributed by atoms with E-state index in [1.54, 1.807) is 6.92 Å². The highest BCUT2D eigenvalue weighted by atomic mass is 79.9. The van der Waals surface area contributed by atoms with Crippen molar-refractivity contribution in [2.75, 3.05) is 0 Å². The van der Waals surface area contributed by atoms with Gasteiger partial charge in [-0.2, -0.15) is 0 Å². The van der Waals surface area contributed by atoms with Gasteiger partial charge in [-0.15, -0.1) is 0 Å². The fraction of sp³-hybridized carbons (Fsp3) is 0.800. The molecule has 9 heavy (non-hydrogen) atoms. The van der Waals surface area contributed by atoms with E-state index in [-0.39, 0.29) is 3.23 Å². The number of alkyl halides is 2. The second-order valence-electron chi connectivity index (χ2n) is 2.52. The van der Waals surface area contributed by atoms with Crippen LogP contribution < -0.4 is 0 Å². The minimum Gasteiger partial charge on any atom is -0.481 e. The zero-order valence-electron chi connectivity index (χ0n) is 4.82. The van der Waals surface area contributed by atoms with Gasteiger partial charge in [0.25, 0.3) is 0 Å². The first kappa shape index (κ1) is 7.54. The highest BCUT2D eigenvalue weighted by molar-refractivity contribution is 9.25. The Labute approximate surface area is 69.9 Å². The van der Waals surface area contributed by atoms with E-state index in [1.165, 1.54) is 0 Å². The van der Waals surface area contributed by atoms with Gasteiger partial charge in [0.05, 0.1) is 8.65 Å². The lowest BCUT2D eigenvalue weighted by Crippen LogP contribution is -2.16. The second-order valence-corrected chi connectivity index (χ2v) is 6.29. The number of aliphatic carboxylic acids is 1. The third-order valence-electron chi connectivity index (χ3n) is 1.73. The second kappa shape index (κ2) is 1.72. The Bertz CT molecular complexity index is 166. The third-order valence-corrected chi connectivity index (χ3v) is 4.04. The molecule has 2 nitrogen and oxygen atoms in total. The van der Waals surface area contributed by atoms with E-state index < -0.39 is 11.4 Å². The highest BCUT2D eigenvalue weighted by Gasteiger charge is 2.67. The molecule has 1 atom stereocenters.